The van der Waals surface area contributed by atoms with E-state index in [1.54, 1.807) is 19.1 Å². The number of ether oxygens (including phenoxy) is 2. The Morgan fingerprint density at radius 2 is 1.81 bits per heavy atom. The van der Waals surface area contributed by atoms with Gasteiger partial charge in [0.25, 0.3) is 0 Å². The van der Waals surface area contributed by atoms with Gasteiger partial charge in [-0.15, -0.1) is 13.2 Å². The third-order valence-electron chi connectivity index (χ3n) is 3.26. The van der Waals surface area contributed by atoms with Crippen LogP contribution in [0.3, 0.4) is 0 Å². The standard InChI is InChI=1S/C18H17F3N2O4/c1-2-26-16(24)14-8-3-4-9-15(14)23-17(25)22-11-12-6-5-7-13(10-12)27-18(19,20)21/h3-10H,2,11H2,1H3,(H2,22,23,25). The number of carbonyl (C=O) groups excluding carboxylic acids is 2. The van der Waals surface area contributed by atoms with Gasteiger partial charge in [0.05, 0.1) is 17.9 Å². The molecule has 27 heavy (non-hydrogen) atoms. The van der Waals surface area contributed by atoms with E-state index in [2.05, 4.69) is 15.4 Å². The number of benzene rings is 2. The number of nitrogens with one attached hydrogen (secondary N) is 2. The monoisotopic (exact) mass is 382 g/mol. The quantitative estimate of drug-likeness (QED) is 0.738. The van der Waals surface area contributed by atoms with E-state index in [0.717, 1.165) is 6.07 Å². The molecule has 2 aromatic rings. The van der Waals surface area contributed by atoms with Crippen LogP contribution in [0, 0.1) is 0 Å². The molecular formula is C18H17F3N2O4. The molecule has 0 bridgehead atoms. The van der Waals surface area contributed by atoms with Crippen molar-refractivity contribution in [3.05, 3.63) is 59.7 Å². The van der Waals surface area contributed by atoms with Crippen LogP contribution in [0.1, 0.15) is 22.8 Å². The molecule has 0 fully saturated rings. The minimum Gasteiger partial charge on any atom is -0.462 e. The lowest BCUT2D eigenvalue weighted by molar-refractivity contribution is -0.274. The molecule has 2 aromatic carbocycles. The summed E-state index contributed by atoms with van der Waals surface area (Å²) in [5.74, 6) is -0.958. The zero-order valence-electron chi connectivity index (χ0n) is 14.3. The molecule has 0 atom stereocenters. The van der Waals surface area contributed by atoms with Crippen molar-refractivity contribution in [3.63, 3.8) is 0 Å². The molecule has 0 aliphatic rings. The van der Waals surface area contributed by atoms with Gasteiger partial charge in [-0.2, -0.15) is 0 Å². The number of halogens is 3. The summed E-state index contributed by atoms with van der Waals surface area (Å²) in [4.78, 5) is 23.9. The van der Waals surface area contributed by atoms with Gasteiger partial charge >= 0.3 is 18.4 Å². The molecular weight excluding hydrogens is 365 g/mol. The summed E-state index contributed by atoms with van der Waals surface area (Å²) in [6.07, 6.45) is -4.79. The minimum absolute atomic E-state index is 0.0392. The fourth-order valence-corrected chi connectivity index (χ4v) is 2.18. The molecule has 0 aliphatic carbocycles. The van der Waals surface area contributed by atoms with Crippen molar-refractivity contribution in [1.29, 1.82) is 0 Å². The Hall–Kier alpha value is -3.23. The van der Waals surface area contributed by atoms with Crippen molar-refractivity contribution in [3.8, 4) is 5.75 Å². The highest BCUT2D eigenvalue weighted by Gasteiger charge is 2.31. The Kier molecular flexibility index (Phi) is 6.64. The lowest BCUT2D eigenvalue weighted by Gasteiger charge is -2.12. The predicted octanol–water partition coefficient (Wildman–Crippen LogP) is 4.08. The molecule has 0 radical (unpaired) electrons. The van der Waals surface area contributed by atoms with Crippen molar-refractivity contribution >= 4 is 17.7 Å². The number of esters is 1. The van der Waals surface area contributed by atoms with Crippen LogP contribution in [0.15, 0.2) is 48.5 Å². The van der Waals surface area contributed by atoms with E-state index >= 15 is 0 Å². The number of rotatable bonds is 6. The molecule has 0 unspecified atom stereocenters. The summed E-state index contributed by atoms with van der Waals surface area (Å²) in [6.45, 7) is 1.81. The molecule has 0 spiro atoms. The smallest absolute Gasteiger partial charge is 0.462 e. The van der Waals surface area contributed by atoms with Crippen LogP contribution in [0.2, 0.25) is 0 Å². The first-order chi connectivity index (χ1) is 12.8. The second kappa shape index (κ2) is 8.93. The average molecular weight is 382 g/mol. The highest BCUT2D eigenvalue weighted by atomic mass is 19.4. The maximum atomic E-state index is 12.2. The lowest BCUT2D eigenvalue weighted by atomic mass is 10.2. The zero-order valence-corrected chi connectivity index (χ0v) is 14.3. The summed E-state index contributed by atoms with van der Waals surface area (Å²) < 4.78 is 45.5. The van der Waals surface area contributed by atoms with Crippen molar-refractivity contribution < 1.29 is 32.2 Å². The molecule has 0 heterocycles. The van der Waals surface area contributed by atoms with Crippen molar-refractivity contribution in [1.82, 2.24) is 5.32 Å². The molecule has 9 heteroatoms. The summed E-state index contributed by atoms with van der Waals surface area (Å²) in [7, 11) is 0. The second-order valence-corrected chi connectivity index (χ2v) is 5.27. The first kappa shape index (κ1) is 20.1. The highest BCUT2D eigenvalue weighted by molar-refractivity contribution is 6.00. The first-order valence-electron chi connectivity index (χ1n) is 7.94. The fraction of sp³-hybridized carbons (Fsp3) is 0.222. The van der Waals surface area contributed by atoms with Gasteiger partial charge in [0.2, 0.25) is 0 Å². The van der Waals surface area contributed by atoms with Crippen LogP contribution in [0.25, 0.3) is 0 Å². The van der Waals surface area contributed by atoms with E-state index < -0.39 is 18.4 Å². The van der Waals surface area contributed by atoms with Gasteiger partial charge < -0.3 is 20.1 Å². The Balaban J connectivity index is 1.98. The highest BCUT2D eigenvalue weighted by Crippen LogP contribution is 2.23. The van der Waals surface area contributed by atoms with Gasteiger partial charge in [0, 0.05) is 6.54 Å². The Bertz CT molecular complexity index is 809. The van der Waals surface area contributed by atoms with Gasteiger partial charge in [-0.3, -0.25) is 0 Å². The molecule has 2 N–H and O–H groups in total. The second-order valence-electron chi connectivity index (χ2n) is 5.27. The SMILES string of the molecule is CCOC(=O)c1ccccc1NC(=O)NCc1cccc(OC(F)(F)F)c1. The number of hydrogen-bond acceptors (Lipinski definition) is 4. The molecule has 0 aliphatic heterocycles. The first-order valence-corrected chi connectivity index (χ1v) is 7.94. The van der Waals surface area contributed by atoms with E-state index in [-0.39, 0.29) is 30.2 Å². The maximum Gasteiger partial charge on any atom is 0.573 e. The van der Waals surface area contributed by atoms with Gasteiger partial charge in [0.15, 0.2) is 0 Å². The molecule has 0 aromatic heterocycles. The fourth-order valence-electron chi connectivity index (χ4n) is 2.18. The van der Waals surface area contributed by atoms with Crippen LogP contribution in [-0.4, -0.2) is 25.0 Å². The van der Waals surface area contributed by atoms with Crippen molar-refractivity contribution in [2.24, 2.45) is 0 Å². The number of alkyl halides is 3. The summed E-state index contributed by atoms with van der Waals surface area (Å²) in [5, 5.41) is 5.01. The molecule has 0 saturated carbocycles. The van der Waals surface area contributed by atoms with Crippen LogP contribution >= 0.6 is 0 Å². The van der Waals surface area contributed by atoms with Crippen LogP contribution in [0.5, 0.6) is 5.75 Å². The zero-order chi connectivity index (χ0) is 19.9. The summed E-state index contributed by atoms with van der Waals surface area (Å²) in [5.41, 5.74) is 0.850. The molecule has 0 saturated heterocycles. The molecule has 2 amide bonds. The average Bonchev–Trinajstić information content (AvgIpc) is 2.59. The van der Waals surface area contributed by atoms with E-state index in [1.165, 1.54) is 30.3 Å². The van der Waals surface area contributed by atoms with E-state index in [0.29, 0.717) is 5.56 Å². The molecule has 2 rings (SSSR count). The van der Waals surface area contributed by atoms with Gasteiger partial charge in [-0.25, -0.2) is 9.59 Å². The number of carbonyl (C=O) groups is 2. The van der Waals surface area contributed by atoms with E-state index in [4.69, 9.17) is 4.74 Å². The summed E-state index contributed by atoms with van der Waals surface area (Å²) in [6, 6.07) is 10.9. The Morgan fingerprint density at radius 3 is 2.52 bits per heavy atom. The lowest BCUT2D eigenvalue weighted by Crippen LogP contribution is -2.29. The Morgan fingerprint density at radius 1 is 1.07 bits per heavy atom. The summed E-state index contributed by atoms with van der Waals surface area (Å²) >= 11 is 0. The van der Waals surface area contributed by atoms with Crippen LogP contribution in [-0.2, 0) is 11.3 Å². The number of urea groups is 1. The Labute approximate surface area is 153 Å². The molecule has 6 nitrogen and oxygen atoms in total. The van der Waals surface area contributed by atoms with Crippen LogP contribution < -0.4 is 15.4 Å². The van der Waals surface area contributed by atoms with Gasteiger partial charge in [-0.05, 0) is 36.8 Å². The van der Waals surface area contributed by atoms with Crippen molar-refractivity contribution in [2.75, 3.05) is 11.9 Å². The third kappa shape index (κ3) is 6.53. The topological polar surface area (TPSA) is 76.7 Å². The predicted molar refractivity (Wildman–Crippen MR) is 91.4 cm³/mol. The van der Waals surface area contributed by atoms with E-state index in [1.807, 2.05) is 0 Å². The number of hydrogen-bond donors (Lipinski definition) is 2. The number of amides is 2. The van der Waals surface area contributed by atoms with Gasteiger partial charge in [0.1, 0.15) is 5.75 Å². The normalized spacial score (nSPS) is 10.8. The van der Waals surface area contributed by atoms with Crippen LogP contribution in [0.4, 0.5) is 23.7 Å². The number of para-hydroxylation sites is 1. The minimum atomic E-state index is -4.79. The molecule has 144 valence electrons. The maximum absolute atomic E-state index is 12.2. The number of anilines is 1. The van der Waals surface area contributed by atoms with E-state index in [9.17, 15) is 22.8 Å². The van der Waals surface area contributed by atoms with Crippen molar-refractivity contribution in [2.45, 2.75) is 19.8 Å². The van der Waals surface area contributed by atoms with Gasteiger partial charge in [-0.1, -0.05) is 24.3 Å². The third-order valence-corrected chi connectivity index (χ3v) is 3.26. The largest absolute Gasteiger partial charge is 0.573 e.